The number of carbonyl (C=O) groups excluding carboxylic acids is 1. The van der Waals surface area contributed by atoms with Crippen molar-refractivity contribution in [3.63, 3.8) is 0 Å². The number of ether oxygens (including phenoxy) is 1. The van der Waals surface area contributed by atoms with Gasteiger partial charge < -0.3 is 4.74 Å². The fourth-order valence-electron chi connectivity index (χ4n) is 1.30. The van der Waals surface area contributed by atoms with Gasteiger partial charge in [0.15, 0.2) is 5.69 Å². The summed E-state index contributed by atoms with van der Waals surface area (Å²) in [6.07, 6.45) is 2.98. The van der Waals surface area contributed by atoms with Crippen molar-refractivity contribution in [3.05, 3.63) is 40.0 Å². The molecule has 2 aromatic heterocycles. The first-order valence-electron chi connectivity index (χ1n) is 4.68. The van der Waals surface area contributed by atoms with Gasteiger partial charge in [0.25, 0.3) is 0 Å². The highest BCUT2D eigenvalue weighted by Gasteiger charge is 2.18. The minimum absolute atomic E-state index is 0.150. The lowest BCUT2D eigenvalue weighted by Gasteiger charge is -2.02. The molecular formula is C11H10N2O2S. The lowest BCUT2D eigenvalue weighted by Crippen LogP contribution is -2.06. The van der Waals surface area contributed by atoms with E-state index in [4.69, 9.17) is 4.74 Å². The van der Waals surface area contributed by atoms with Gasteiger partial charge in [0.1, 0.15) is 0 Å². The number of hydrogen-bond acceptors (Lipinski definition) is 5. The van der Waals surface area contributed by atoms with Crippen LogP contribution in [-0.2, 0) is 0 Å². The highest BCUT2D eigenvalue weighted by molar-refractivity contribution is 7.14. The highest BCUT2D eigenvalue weighted by Crippen LogP contribution is 2.21. The van der Waals surface area contributed by atoms with E-state index in [0.29, 0.717) is 4.88 Å². The molecule has 0 unspecified atom stereocenters. The average molecular weight is 234 g/mol. The van der Waals surface area contributed by atoms with Gasteiger partial charge >= 0.3 is 0 Å². The molecule has 5 heteroatoms. The standard InChI is InChI=1S/C11H10N2O2S/c1-7-3-4-8(16-7)10(14)9-11(15-2)13-6-5-12-9/h3-6H,1-2H3. The number of nitrogens with zero attached hydrogens (tertiary/aromatic N) is 2. The first-order valence-corrected chi connectivity index (χ1v) is 5.50. The maximum absolute atomic E-state index is 12.1. The van der Waals surface area contributed by atoms with Gasteiger partial charge in [-0.3, -0.25) is 4.79 Å². The Morgan fingerprint density at radius 2 is 2.06 bits per heavy atom. The van der Waals surface area contributed by atoms with Crippen molar-refractivity contribution in [1.29, 1.82) is 0 Å². The second-order valence-electron chi connectivity index (χ2n) is 3.15. The van der Waals surface area contributed by atoms with E-state index in [1.807, 2.05) is 13.0 Å². The number of rotatable bonds is 3. The molecular weight excluding hydrogens is 224 g/mol. The second kappa shape index (κ2) is 4.40. The highest BCUT2D eigenvalue weighted by atomic mass is 32.1. The van der Waals surface area contributed by atoms with Crippen molar-refractivity contribution in [2.24, 2.45) is 0 Å². The molecule has 16 heavy (non-hydrogen) atoms. The number of methoxy groups -OCH3 is 1. The summed E-state index contributed by atoms with van der Waals surface area (Å²) in [7, 11) is 1.47. The summed E-state index contributed by atoms with van der Waals surface area (Å²) >= 11 is 1.44. The summed E-state index contributed by atoms with van der Waals surface area (Å²) in [5.74, 6) is 0.113. The largest absolute Gasteiger partial charge is 0.479 e. The molecule has 0 fully saturated rings. The zero-order valence-electron chi connectivity index (χ0n) is 8.93. The molecule has 2 aromatic rings. The van der Waals surface area contributed by atoms with Crippen LogP contribution in [0.4, 0.5) is 0 Å². The van der Waals surface area contributed by atoms with Crippen LogP contribution >= 0.6 is 11.3 Å². The summed E-state index contributed by atoms with van der Waals surface area (Å²) in [6.45, 7) is 1.95. The van der Waals surface area contributed by atoms with Crippen molar-refractivity contribution in [1.82, 2.24) is 9.97 Å². The molecule has 0 saturated carbocycles. The van der Waals surface area contributed by atoms with Crippen LogP contribution in [0.5, 0.6) is 5.88 Å². The third kappa shape index (κ3) is 1.94. The Labute approximate surface area is 96.9 Å². The quantitative estimate of drug-likeness (QED) is 0.763. The SMILES string of the molecule is COc1nccnc1C(=O)c1ccc(C)s1. The van der Waals surface area contributed by atoms with Crippen molar-refractivity contribution in [2.75, 3.05) is 7.11 Å². The summed E-state index contributed by atoms with van der Waals surface area (Å²) < 4.78 is 5.00. The normalized spacial score (nSPS) is 10.1. The minimum Gasteiger partial charge on any atom is -0.479 e. The third-order valence-corrected chi connectivity index (χ3v) is 3.04. The van der Waals surface area contributed by atoms with Gasteiger partial charge in [0, 0.05) is 17.3 Å². The Morgan fingerprint density at radius 3 is 2.69 bits per heavy atom. The minimum atomic E-state index is -0.150. The molecule has 0 atom stereocenters. The molecule has 0 aliphatic heterocycles. The van der Waals surface area contributed by atoms with E-state index in [1.54, 1.807) is 6.07 Å². The van der Waals surface area contributed by atoms with Crippen LogP contribution in [0.25, 0.3) is 0 Å². The molecule has 2 rings (SSSR count). The molecule has 0 aliphatic rings. The molecule has 2 heterocycles. The number of thiophene rings is 1. The van der Waals surface area contributed by atoms with Crippen molar-refractivity contribution in [3.8, 4) is 5.88 Å². The van der Waals surface area contributed by atoms with Gasteiger partial charge in [-0.1, -0.05) is 0 Å². The zero-order valence-corrected chi connectivity index (χ0v) is 9.75. The second-order valence-corrected chi connectivity index (χ2v) is 4.44. The smallest absolute Gasteiger partial charge is 0.243 e. The molecule has 0 aliphatic carbocycles. The van der Waals surface area contributed by atoms with Crippen LogP contribution in [0, 0.1) is 6.92 Å². The van der Waals surface area contributed by atoms with Crippen molar-refractivity contribution in [2.45, 2.75) is 6.92 Å². The lowest BCUT2D eigenvalue weighted by molar-refractivity contribution is 0.103. The van der Waals surface area contributed by atoms with E-state index >= 15 is 0 Å². The first-order chi connectivity index (χ1) is 7.72. The van der Waals surface area contributed by atoms with Crippen LogP contribution in [-0.4, -0.2) is 22.9 Å². The fourth-order valence-corrected chi connectivity index (χ4v) is 2.11. The van der Waals surface area contributed by atoms with Crippen LogP contribution < -0.4 is 4.74 Å². The van der Waals surface area contributed by atoms with Gasteiger partial charge in [-0.15, -0.1) is 11.3 Å². The van der Waals surface area contributed by atoms with Crippen LogP contribution in [0.2, 0.25) is 0 Å². The predicted octanol–water partition coefficient (Wildman–Crippen LogP) is 2.09. The molecule has 0 N–H and O–H groups in total. The first kappa shape index (κ1) is 10.8. The Kier molecular flexibility index (Phi) is 2.96. The van der Waals surface area contributed by atoms with Crippen LogP contribution in [0.15, 0.2) is 24.5 Å². The summed E-state index contributed by atoms with van der Waals surface area (Å²) in [5, 5.41) is 0. The third-order valence-electron chi connectivity index (χ3n) is 2.04. The van der Waals surface area contributed by atoms with E-state index in [0.717, 1.165) is 4.88 Å². The zero-order chi connectivity index (χ0) is 11.5. The monoisotopic (exact) mass is 234 g/mol. The molecule has 0 spiro atoms. The molecule has 0 aromatic carbocycles. The number of aromatic nitrogens is 2. The average Bonchev–Trinajstić information content (AvgIpc) is 2.75. The number of aryl methyl sites for hydroxylation is 1. The lowest BCUT2D eigenvalue weighted by atomic mass is 10.2. The fraction of sp³-hybridized carbons (Fsp3) is 0.182. The molecule has 0 amide bonds. The van der Waals surface area contributed by atoms with E-state index in [-0.39, 0.29) is 17.4 Å². The number of ketones is 1. The van der Waals surface area contributed by atoms with Crippen molar-refractivity contribution >= 4 is 17.1 Å². The topological polar surface area (TPSA) is 52.1 Å². The maximum atomic E-state index is 12.1. The summed E-state index contributed by atoms with van der Waals surface area (Å²) in [4.78, 5) is 21.8. The van der Waals surface area contributed by atoms with Gasteiger partial charge in [-0.25, -0.2) is 9.97 Å². The van der Waals surface area contributed by atoms with E-state index in [1.165, 1.54) is 30.8 Å². The number of hydrogen-bond donors (Lipinski definition) is 0. The number of carbonyl (C=O) groups is 1. The predicted molar refractivity (Wildman–Crippen MR) is 61.1 cm³/mol. The Bertz CT molecular complexity index is 522. The Balaban J connectivity index is 2.41. The summed E-state index contributed by atoms with van der Waals surface area (Å²) in [5.41, 5.74) is 0.256. The van der Waals surface area contributed by atoms with Gasteiger partial charge in [-0.2, -0.15) is 0 Å². The Morgan fingerprint density at radius 1 is 1.31 bits per heavy atom. The Hall–Kier alpha value is -1.75. The van der Waals surface area contributed by atoms with Gasteiger partial charge in [-0.05, 0) is 19.1 Å². The molecule has 0 bridgehead atoms. The van der Waals surface area contributed by atoms with E-state index in [2.05, 4.69) is 9.97 Å². The molecule has 0 saturated heterocycles. The molecule has 4 nitrogen and oxygen atoms in total. The van der Waals surface area contributed by atoms with E-state index < -0.39 is 0 Å². The van der Waals surface area contributed by atoms with Gasteiger partial charge in [0.2, 0.25) is 11.7 Å². The van der Waals surface area contributed by atoms with Crippen LogP contribution in [0.1, 0.15) is 20.2 Å². The maximum Gasteiger partial charge on any atom is 0.243 e. The van der Waals surface area contributed by atoms with Gasteiger partial charge in [0.05, 0.1) is 12.0 Å². The summed E-state index contributed by atoms with van der Waals surface area (Å²) in [6, 6.07) is 3.69. The van der Waals surface area contributed by atoms with E-state index in [9.17, 15) is 4.79 Å². The van der Waals surface area contributed by atoms with Crippen LogP contribution in [0.3, 0.4) is 0 Å². The van der Waals surface area contributed by atoms with Crippen molar-refractivity contribution < 1.29 is 9.53 Å². The molecule has 82 valence electrons. The molecule has 0 radical (unpaired) electrons.